The maximum absolute atomic E-state index is 13.2. The van der Waals surface area contributed by atoms with Gasteiger partial charge in [0.25, 0.3) is 0 Å². The molecule has 2 fully saturated rings. The minimum absolute atomic E-state index is 0.130. The van der Waals surface area contributed by atoms with Crippen LogP contribution in [0.25, 0.3) is 17.0 Å². The summed E-state index contributed by atoms with van der Waals surface area (Å²) in [5.74, 6) is 0.529. The number of H-pyrrole nitrogens is 1. The summed E-state index contributed by atoms with van der Waals surface area (Å²) in [4.78, 5) is 17.6. The van der Waals surface area contributed by atoms with E-state index in [9.17, 15) is 13.2 Å². The lowest BCUT2D eigenvalue weighted by atomic mass is 10.1. The van der Waals surface area contributed by atoms with Gasteiger partial charge in [0.2, 0.25) is 5.95 Å². The first-order chi connectivity index (χ1) is 17.9. The maximum atomic E-state index is 13.2. The number of rotatable bonds is 3. The molecule has 1 N–H and O–H groups in total. The van der Waals surface area contributed by atoms with E-state index in [0.717, 1.165) is 44.1 Å². The van der Waals surface area contributed by atoms with Crippen LogP contribution in [0.2, 0.25) is 0 Å². The number of aromatic amines is 1. The van der Waals surface area contributed by atoms with Gasteiger partial charge in [-0.05, 0) is 44.5 Å². The van der Waals surface area contributed by atoms with Crippen molar-refractivity contribution in [2.75, 3.05) is 44.8 Å². The number of hydrogen-bond acceptors (Lipinski definition) is 7. The molecule has 37 heavy (non-hydrogen) atoms. The van der Waals surface area contributed by atoms with Crippen LogP contribution in [0.1, 0.15) is 36.4 Å². The van der Waals surface area contributed by atoms with Gasteiger partial charge in [0.05, 0.1) is 35.4 Å². The lowest BCUT2D eigenvalue weighted by Gasteiger charge is -2.39. The number of alkyl halides is 3. The fraction of sp³-hybridized carbons (Fsp3) is 0.440. The zero-order valence-electron chi connectivity index (χ0n) is 20.5. The highest BCUT2D eigenvalue weighted by atomic mass is 19.4. The van der Waals surface area contributed by atoms with Crippen LogP contribution in [0.15, 0.2) is 49.2 Å². The number of ether oxygens (including phenoxy) is 1. The molecule has 6 rings (SSSR count). The van der Waals surface area contributed by atoms with E-state index in [1.54, 1.807) is 18.5 Å². The number of anilines is 1. The minimum Gasteiger partial charge on any atom is -0.381 e. The highest BCUT2D eigenvalue weighted by Gasteiger charge is 2.31. The molecule has 12 heteroatoms. The Balaban J connectivity index is 0.000000412. The number of halogens is 3. The van der Waals surface area contributed by atoms with E-state index in [-0.39, 0.29) is 6.04 Å². The standard InChI is InChI=1S/C20H19F3N8.C5H10O/c1-29-6-7-30(12-17(29)13-8-26-27-9-13)19-24-5-4-15(28-19)16-10-25-18-3-2-14(11-31(16)18)20(21,22)23;1-2-4-6-5-3-1/h2-5,8-11,17H,6-7,12H2,1H3,(H,26,27);1-5H2. The fourth-order valence-corrected chi connectivity index (χ4v) is 4.53. The maximum Gasteiger partial charge on any atom is 0.417 e. The first-order valence-electron chi connectivity index (χ1n) is 12.3. The van der Waals surface area contributed by atoms with Crippen LogP contribution in [-0.4, -0.2) is 74.3 Å². The molecular formula is C25H29F3N8O. The highest BCUT2D eigenvalue weighted by molar-refractivity contribution is 5.61. The van der Waals surface area contributed by atoms with Gasteiger partial charge in [-0.3, -0.25) is 14.4 Å². The number of nitrogens with zero attached hydrogens (tertiary/aromatic N) is 7. The van der Waals surface area contributed by atoms with E-state index >= 15 is 0 Å². The van der Waals surface area contributed by atoms with Crippen LogP contribution in [0, 0.1) is 0 Å². The lowest BCUT2D eigenvalue weighted by Crippen LogP contribution is -2.47. The van der Waals surface area contributed by atoms with Crippen molar-refractivity contribution in [1.29, 1.82) is 0 Å². The summed E-state index contributed by atoms with van der Waals surface area (Å²) >= 11 is 0. The van der Waals surface area contributed by atoms with Gasteiger partial charge >= 0.3 is 6.18 Å². The largest absolute Gasteiger partial charge is 0.417 e. The summed E-state index contributed by atoms with van der Waals surface area (Å²) in [6, 6.07) is 4.18. The summed E-state index contributed by atoms with van der Waals surface area (Å²) < 4.78 is 46.0. The van der Waals surface area contributed by atoms with Crippen LogP contribution >= 0.6 is 0 Å². The van der Waals surface area contributed by atoms with Gasteiger partial charge in [0.1, 0.15) is 5.65 Å². The van der Waals surface area contributed by atoms with Gasteiger partial charge in [0.15, 0.2) is 0 Å². The second-order valence-electron chi connectivity index (χ2n) is 9.18. The number of imidazole rings is 1. The number of aromatic nitrogens is 6. The number of pyridine rings is 1. The number of fused-ring (bicyclic) bond motifs is 1. The zero-order chi connectivity index (χ0) is 25.8. The summed E-state index contributed by atoms with van der Waals surface area (Å²) in [6.07, 6.45) is 7.37. The second kappa shape index (κ2) is 10.9. The van der Waals surface area contributed by atoms with Gasteiger partial charge in [-0.2, -0.15) is 18.3 Å². The van der Waals surface area contributed by atoms with Crippen LogP contribution in [-0.2, 0) is 10.9 Å². The number of nitrogens with one attached hydrogen (secondary N) is 1. The van der Waals surface area contributed by atoms with Gasteiger partial charge in [0, 0.05) is 57.0 Å². The Morgan fingerprint density at radius 1 is 1.03 bits per heavy atom. The summed E-state index contributed by atoms with van der Waals surface area (Å²) in [7, 11) is 2.06. The van der Waals surface area contributed by atoms with Crippen molar-refractivity contribution >= 4 is 11.6 Å². The normalized spacial score (nSPS) is 19.0. The third-order valence-electron chi connectivity index (χ3n) is 6.65. The molecule has 2 aliphatic rings. The smallest absolute Gasteiger partial charge is 0.381 e. The van der Waals surface area contributed by atoms with Crippen molar-refractivity contribution in [3.63, 3.8) is 0 Å². The Morgan fingerprint density at radius 3 is 2.54 bits per heavy atom. The first kappa shape index (κ1) is 25.2. The molecule has 0 aromatic carbocycles. The molecule has 0 amide bonds. The number of likely N-dealkylation sites (N-methyl/N-ethyl adjacent to an activating group) is 1. The van der Waals surface area contributed by atoms with Gasteiger partial charge in [-0.15, -0.1) is 0 Å². The van der Waals surface area contributed by atoms with Crippen molar-refractivity contribution in [1.82, 2.24) is 34.4 Å². The van der Waals surface area contributed by atoms with Crippen LogP contribution < -0.4 is 4.90 Å². The predicted molar refractivity (Wildman–Crippen MR) is 132 cm³/mol. The zero-order valence-corrected chi connectivity index (χ0v) is 20.5. The molecule has 0 bridgehead atoms. The van der Waals surface area contributed by atoms with E-state index in [4.69, 9.17) is 4.74 Å². The van der Waals surface area contributed by atoms with Crippen LogP contribution in [0.3, 0.4) is 0 Å². The van der Waals surface area contributed by atoms with Crippen molar-refractivity contribution in [3.8, 4) is 11.4 Å². The average molecular weight is 515 g/mol. The highest BCUT2D eigenvalue weighted by Crippen LogP contribution is 2.31. The topological polar surface area (TPSA) is 87.5 Å². The van der Waals surface area contributed by atoms with E-state index in [2.05, 4.69) is 42.0 Å². The van der Waals surface area contributed by atoms with Crippen molar-refractivity contribution in [2.45, 2.75) is 31.5 Å². The Bertz CT molecular complexity index is 1290. The summed E-state index contributed by atoms with van der Waals surface area (Å²) in [6.45, 7) is 4.22. The van der Waals surface area contributed by atoms with Gasteiger partial charge < -0.3 is 9.64 Å². The average Bonchev–Trinajstić information content (AvgIpc) is 3.60. The monoisotopic (exact) mass is 514 g/mol. The molecule has 0 spiro atoms. The molecule has 0 saturated carbocycles. The third kappa shape index (κ3) is 5.75. The molecule has 2 saturated heterocycles. The molecule has 0 aliphatic carbocycles. The van der Waals surface area contributed by atoms with Gasteiger partial charge in [-0.1, -0.05) is 0 Å². The van der Waals surface area contributed by atoms with Crippen LogP contribution in [0.4, 0.5) is 19.1 Å². The third-order valence-corrected chi connectivity index (χ3v) is 6.65. The van der Waals surface area contributed by atoms with Gasteiger partial charge in [-0.25, -0.2) is 15.0 Å². The summed E-state index contributed by atoms with van der Waals surface area (Å²) in [5.41, 5.74) is 1.74. The number of hydrogen-bond donors (Lipinski definition) is 1. The van der Waals surface area contributed by atoms with Crippen molar-refractivity contribution in [2.24, 2.45) is 0 Å². The van der Waals surface area contributed by atoms with Crippen LogP contribution in [0.5, 0.6) is 0 Å². The Labute approximate surface area is 212 Å². The lowest BCUT2D eigenvalue weighted by molar-refractivity contribution is -0.137. The summed E-state index contributed by atoms with van der Waals surface area (Å²) in [5, 5.41) is 6.89. The predicted octanol–water partition coefficient (Wildman–Crippen LogP) is 4.21. The fourth-order valence-electron chi connectivity index (χ4n) is 4.53. The van der Waals surface area contributed by atoms with E-state index in [1.807, 2.05) is 6.20 Å². The molecule has 1 atom stereocenters. The second-order valence-corrected chi connectivity index (χ2v) is 9.18. The molecule has 4 aromatic heterocycles. The van der Waals surface area contributed by atoms with E-state index < -0.39 is 11.7 Å². The molecule has 9 nitrogen and oxygen atoms in total. The molecule has 6 heterocycles. The minimum atomic E-state index is -4.44. The Kier molecular flexibility index (Phi) is 7.38. The molecular weight excluding hydrogens is 485 g/mol. The molecule has 4 aromatic rings. The Hall–Kier alpha value is -3.51. The Morgan fingerprint density at radius 2 is 1.86 bits per heavy atom. The first-order valence-corrected chi connectivity index (χ1v) is 12.3. The molecule has 1 unspecified atom stereocenters. The SMILES string of the molecule is C1CCOCC1.CN1CCN(c2nccc(-c3cnc4ccc(C(F)(F)F)cn34)n2)CC1c1cn[nH]c1. The quantitative estimate of drug-likeness (QED) is 0.438. The van der Waals surface area contributed by atoms with Crippen molar-refractivity contribution < 1.29 is 17.9 Å². The van der Waals surface area contributed by atoms with E-state index in [1.165, 1.54) is 35.9 Å². The van der Waals surface area contributed by atoms with E-state index in [0.29, 0.717) is 29.5 Å². The molecule has 0 radical (unpaired) electrons. The molecule has 196 valence electrons. The van der Waals surface area contributed by atoms with Crippen molar-refractivity contribution in [3.05, 3.63) is 60.3 Å². The molecule has 2 aliphatic heterocycles. The number of piperazine rings is 1.